The van der Waals surface area contributed by atoms with Gasteiger partial charge >= 0.3 is 10.2 Å². The predicted octanol–water partition coefficient (Wildman–Crippen LogP) is 2.88. The fourth-order valence-corrected chi connectivity index (χ4v) is 6.00. The van der Waals surface area contributed by atoms with Crippen LogP contribution in [0.1, 0.15) is 23.3 Å². The maximum atomic E-state index is 13.0. The van der Waals surface area contributed by atoms with E-state index in [1.54, 1.807) is 18.0 Å². The van der Waals surface area contributed by atoms with Gasteiger partial charge in [-0.2, -0.15) is 13.5 Å². The Morgan fingerprint density at radius 1 is 1.00 bits per heavy atom. The highest BCUT2D eigenvalue weighted by molar-refractivity contribution is 7.94. The summed E-state index contributed by atoms with van der Waals surface area (Å²) in [6.45, 7) is 0.974. The van der Waals surface area contributed by atoms with E-state index in [1.807, 2.05) is 54.6 Å². The Hall–Kier alpha value is -3.33. The van der Waals surface area contributed by atoms with Crippen LogP contribution in [0.5, 0.6) is 0 Å². The van der Waals surface area contributed by atoms with Crippen molar-refractivity contribution in [3.05, 3.63) is 66.4 Å². The molecule has 5 rings (SSSR count). The zero-order chi connectivity index (χ0) is 21.6. The molecule has 1 saturated heterocycles. The smallest absolute Gasteiger partial charge is 0.326 e. The van der Waals surface area contributed by atoms with Crippen molar-refractivity contribution in [3.8, 4) is 11.3 Å². The highest BCUT2D eigenvalue weighted by Gasteiger charge is 2.43. The molecule has 0 bridgehead atoms. The van der Waals surface area contributed by atoms with Gasteiger partial charge in [-0.3, -0.25) is 14.2 Å². The van der Waals surface area contributed by atoms with Gasteiger partial charge < -0.3 is 4.90 Å². The topological polar surface area (TPSA) is 89.6 Å². The van der Waals surface area contributed by atoms with Gasteiger partial charge in [-0.15, -0.1) is 0 Å². The molecule has 3 aromatic rings. The molecule has 2 aliphatic heterocycles. The Balaban J connectivity index is 1.30. The molecule has 0 atom stereocenters. The molecule has 160 valence electrons. The van der Waals surface area contributed by atoms with Crippen molar-refractivity contribution in [1.29, 1.82) is 0 Å². The first-order chi connectivity index (χ1) is 15.0. The molecule has 1 fully saturated rings. The van der Waals surface area contributed by atoms with Crippen LogP contribution in [-0.2, 0) is 10.2 Å². The summed E-state index contributed by atoms with van der Waals surface area (Å²) in [7, 11) is -2.02. The highest BCUT2D eigenvalue weighted by atomic mass is 32.2. The number of piperidine rings is 1. The normalized spacial score (nSPS) is 18.3. The van der Waals surface area contributed by atoms with Crippen LogP contribution in [0.4, 0.5) is 11.4 Å². The van der Waals surface area contributed by atoms with Crippen molar-refractivity contribution < 1.29 is 13.2 Å². The number of rotatable bonds is 3. The molecule has 8 nitrogen and oxygen atoms in total. The van der Waals surface area contributed by atoms with E-state index in [0.717, 1.165) is 11.3 Å². The molecule has 1 aromatic heterocycles. The van der Waals surface area contributed by atoms with Crippen LogP contribution in [0.25, 0.3) is 11.3 Å². The Labute approximate surface area is 181 Å². The molecule has 3 heterocycles. The number of likely N-dealkylation sites (tertiary alicyclic amines) is 1. The third-order valence-electron chi connectivity index (χ3n) is 6.01. The first kappa shape index (κ1) is 19.6. The predicted molar refractivity (Wildman–Crippen MR) is 119 cm³/mol. The molecule has 2 aromatic carbocycles. The summed E-state index contributed by atoms with van der Waals surface area (Å²) >= 11 is 0. The van der Waals surface area contributed by atoms with Crippen LogP contribution in [0.3, 0.4) is 0 Å². The summed E-state index contributed by atoms with van der Waals surface area (Å²) in [5.74, 6) is -0.116. The maximum absolute atomic E-state index is 13.0. The van der Waals surface area contributed by atoms with Gasteiger partial charge in [0.15, 0.2) is 0 Å². The minimum Gasteiger partial charge on any atom is -0.337 e. The number of carbonyl (C=O) groups excluding carboxylic acids is 1. The zero-order valence-electron chi connectivity index (χ0n) is 17.1. The molecule has 0 spiro atoms. The number of hydrogen-bond acceptors (Lipinski definition) is 4. The van der Waals surface area contributed by atoms with E-state index in [4.69, 9.17) is 0 Å². The van der Waals surface area contributed by atoms with E-state index < -0.39 is 10.2 Å². The van der Waals surface area contributed by atoms with Crippen LogP contribution in [0.15, 0.2) is 60.7 Å². The Morgan fingerprint density at radius 3 is 2.35 bits per heavy atom. The summed E-state index contributed by atoms with van der Waals surface area (Å²) in [4.78, 5) is 14.7. The second kappa shape index (κ2) is 7.42. The van der Waals surface area contributed by atoms with Gasteiger partial charge in [-0.1, -0.05) is 42.5 Å². The first-order valence-corrected chi connectivity index (χ1v) is 11.6. The Morgan fingerprint density at radius 2 is 1.65 bits per heavy atom. The van der Waals surface area contributed by atoms with Crippen molar-refractivity contribution >= 4 is 27.5 Å². The van der Waals surface area contributed by atoms with Crippen LogP contribution in [-0.4, -0.2) is 55.6 Å². The van der Waals surface area contributed by atoms with Crippen LogP contribution < -0.4 is 8.61 Å². The Kier molecular flexibility index (Phi) is 4.70. The lowest BCUT2D eigenvalue weighted by atomic mass is 10.0. The molecule has 2 aliphatic rings. The number of benzene rings is 2. The number of aromatic amines is 1. The van der Waals surface area contributed by atoms with E-state index in [0.29, 0.717) is 43.0 Å². The second-order valence-corrected chi connectivity index (χ2v) is 9.65. The van der Waals surface area contributed by atoms with Gasteiger partial charge in [-0.25, -0.2) is 4.31 Å². The summed E-state index contributed by atoms with van der Waals surface area (Å²) in [6, 6.07) is 18.6. The molecular formula is C22H23N5O3S. The van der Waals surface area contributed by atoms with Crippen LogP contribution in [0, 0.1) is 0 Å². The molecule has 1 N–H and O–H groups in total. The van der Waals surface area contributed by atoms with E-state index in [9.17, 15) is 13.2 Å². The van der Waals surface area contributed by atoms with Crippen molar-refractivity contribution in [1.82, 2.24) is 15.1 Å². The molecule has 0 unspecified atom stereocenters. The van der Waals surface area contributed by atoms with Crippen molar-refractivity contribution in [2.75, 3.05) is 28.7 Å². The third-order valence-corrected chi connectivity index (χ3v) is 7.90. The molecule has 0 radical (unpaired) electrons. The number of fused-ring (bicyclic) bond motifs is 1. The van der Waals surface area contributed by atoms with Gasteiger partial charge in [-0.05, 0) is 31.0 Å². The monoisotopic (exact) mass is 437 g/mol. The van der Waals surface area contributed by atoms with Crippen LogP contribution >= 0.6 is 0 Å². The number of H-pyrrole nitrogens is 1. The summed E-state index contributed by atoms with van der Waals surface area (Å²) in [5, 5.41) is 7.11. The van der Waals surface area contributed by atoms with Gasteiger partial charge in [0.1, 0.15) is 5.69 Å². The number of carbonyl (C=O) groups is 1. The lowest BCUT2D eigenvalue weighted by Gasteiger charge is -2.36. The van der Waals surface area contributed by atoms with Gasteiger partial charge in [0.05, 0.1) is 23.1 Å². The zero-order valence-corrected chi connectivity index (χ0v) is 17.9. The molecule has 0 saturated carbocycles. The number of amides is 1. The lowest BCUT2D eigenvalue weighted by Crippen LogP contribution is -2.49. The Bertz CT molecular complexity index is 1220. The van der Waals surface area contributed by atoms with E-state index in [-0.39, 0.29) is 11.9 Å². The van der Waals surface area contributed by atoms with E-state index in [1.165, 1.54) is 8.61 Å². The number of anilines is 2. The van der Waals surface area contributed by atoms with E-state index in [2.05, 4.69) is 10.2 Å². The fourth-order valence-electron chi connectivity index (χ4n) is 4.34. The average Bonchev–Trinajstić information content (AvgIpc) is 3.36. The van der Waals surface area contributed by atoms with Crippen molar-refractivity contribution in [2.24, 2.45) is 0 Å². The van der Waals surface area contributed by atoms with Gasteiger partial charge in [0.25, 0.3) is 5.91 Å². The van der Waals surface area contributed by atoms with Crippen molar-refractivity contribution in [2.45, 2.75) is 18.9 Å². The van der Waals surface area contributed by atoms with Gasteiger partial charge in [0, 0.05) is 25.7 Å². The number of para-hydroxylation sites is 2. The minimum absolute atomic E-state index is 0.116. The molecule has 0 aliphatic carbocycles. The second-order valence-electron chi connectivity index (χ2n) is 7.82. The number of nitrogens with zero attached hydrogens (tertiary/aromatic N) is 4. The summed E-state index contributed by atoms with van der Waals surface area (Å²) in [6.07, 6.45) is 1.15. The summed E-state index contributed by atoms with van der Waals surface area (Å²) < 4.78 is 28.8. The maximum Gasteiger partial charge on any atom is 0.326 e. The van der Waals surface area contributed by atoms with E-state index >= 15 is 0 Å². The van der Waals surface area contributed by atoms with Crippen LogP contribution in [0.2, 0.25) is 0 Å². The third kappa shape index (κ3) is 3.25. The standard InChI is InChI=1S/C22H23N5O3S/c1-25-20-9-5-6-10-21(20)27(31(25,29)30)17-11-13-26(14-12-17)22(28)19-15-18(23-24-19)16-7-3-2-4-8-16/h2-10,15,17H,11-14H2,1H3,(H,23,24). The molecule has 9 heteroatoms. The quantitative estimate of drug-likeness (QED) is 0.682. The molecular weight excluding hydrogens is 414 g/mol. The fraction of sp³-hybridized carbons (Fsp3) is 0.273. The minimum atomic E-state index is -3.59. The number of nitrogens with one attached hydrogen (secondary N) is 1. The largest absolute Gasteiger partial charge is 0.337 e. The number of hydrogen-bond donors (Lipinski definition) is 1. The number of aromatic nitrogens is 2. The molecule has 31 heavy (non-hydrogen) atoms. The van der Waals surface area contributed by atoms with Gasteiger partial charge in [0.2, 0.25) is 0 Å². The SMILES string of the molecule is CN1c2ccccc2N(C2CCN(C(=O)c3cc(-c4ccccc4)n[nH]3)CC2)S1(=O)=O. The first-order valence-electron chi connectivity index (χ1n) is 10.2. The highest BCUT2D eigenvalue weighted by Crippen LogP contribution is 2.42. The average molecular weight is 438 g/mol. The lowest BCUT2D eigenvalue weighted by molar-refractivity contribution is 0.0710. The summed E-state index contributed by atoms with van der Waals surface area (Å²) in [5.41, 5.74) is 3.50. The van der Waals surface area contributed by atoms with Crippen molar-refractivity contribution in [3.63, 3.8) is 0 Å². The molecule has 1 amide bonds.